The lowest BCUT2D eigenvalue weighted by atomic mass is 9.83. The molecule has 1 unspecified atom stereocenters. The van der Waals surface area contributed by atoms with Crippen LogP contribution >= 0.6 is 0 Å². The molecule has 3 nitrogen and oxygen atoms in total. The highest BCUT2D eigenvalue weighted by molar-refractivity contribution is 5.87. The normalized spacial score (nSPS) is 23.5. The average Bonchev–Trinajstić information content (AvgIpc) is 2.33. The smallest absolute Gasteiger partial charge is 0.166 e. The molecule has 1 fully saturated rings. The molecule has 0 bridgehead atoms. The summed E-state index contributed by atoms with van der Waals surface area (Å²) in [5.41, 5.74) is 0.825. The molecule has 1 heterocycles. The average molecular weight is 234 g/mol. The Morgan fingerprint density at radius 2 is 1.94 bits per heavy atom. The third-order valence-electron chi connectivity index (χ3n) is 3.21. The molecule has 3 heteroatoms. The number of hydrogen-bond acceptors (Lipinski definition) is 3. The van der Waals surface area contributed by atoms with E-state index in [1.807, 2.05) is 38.1 Å². The van der Waals surface area contributed by atoms with Crippen molar-refractivity contribution in [3.63, 3.8) is 0 Å². The summed E-state index contributed by atoms with van der Waals surface area (Å²) in [6.07, 6.45) is 0.734. The lowest BCUT2D eigenvalue weighted by Gasteiger charge is -2.34. The first-order chi connectivity index (χ1) is 8.02. The molecular weight excluding hydrogens is 216 g/mol. The van der Waals surface area contributed by atoms with Gasteiger partial charge in [-0.3, -0.25) is 4.79 Å². The molecule has 0 saturated carbocycles. The van der Waals surface area contributed by atoms with Crippen LogP contribution in [0.1, 0.15) is 31.7 Å². The second-order valence-electron chi connectivity index (χ2n) is 5.04. The Labute approximate surface area is 102 Å². The zero-order chi connectivity index (χ0) is 12.5. The summed E-state index contributed by atoms with van der Waals surface area (Å²) in [6.45, 7) is 4.26. The van der Waals surface area contributed by atoms with E-state index in [2.05, 4.69) is 0 Å². The van der Waals surface area contributed by atoms with Gasteiger partial charge in [-0.2, -0.15) is 0 Å². The fraction of sp³-hybridized carbons (Fsp3) is 0.500. The summed E-state index contributed by atoms with van der Waals surface area (Å²) in [5, 5.41) is 0. The molecule has 92 valence electrons. The van der Waals surface area contributed by atoms with Crippen LogP contribution in [0.4, 0.5) is 0 Å². The van der Waals surface area contributed by atoms with Crippen molar-refractivity contribution in [2.45, 2.75) is 31.8 Å². The Bertz CT molecular complexity index is 406. The van der Waals surface area contributed by atoms with E-state index in [1.54, 1.807) is 7.11 Å². The molecular formula is C14H18O3. The topological polar surface area (TPSA) is 35.5 Å². The monoisotopic (exact) mass is 234 g/mol. The van der Waals surface area contributed by atoms with E-state index >= 15 is 0 Å². The van der Waals surface area contributed by atoms with E-state index in [9.17, 15) is 4.79 Å². The number of rotatable bonds is 2. The van der Waals surface area contributed by atoms with Crippen LogP contribution in [0.3, 0.4) is 0 Å². The van der Waals surface area contributed by atoms with Gasteiger partial charge in [0.15, 0.2) is 5.78 Å². The van der Waals surface area contributed by atoms with Gasteiger partial charge in [-0.1, -0.05) is 12.1 Å². The first-order valence-electron chi connectivity index (χ1n) is 5.82. The lowest BCUT2D eigenvalue weighted by Crippen LogP contribution is -2.38. The molecule has 0 aliphatic carbocycles. The predicted molar refractivity (Wildman–Crippen MR) is 65.4 cm³/mol. The van der Waals surface area contributed by atoms with E-state index in [4.69, 9.17) is 9.47 Å². The number of methoxy groups -OCH3 is 1. The third kappa shape index (κ3) is 2.67. The minimum absolute atomic E-state index is 0.0512. The number of Topliss-reactive ketones (excluding diaryl/α,β-unsaturated/α-hetero) is 1. The maximum absolute atomic E-state index is 11.9. The van der Waals surface area contributed by atoms with Crippen molar-refractivity contribution in [3.05, 3.63) is 29.8 Å². The van der Waals surface area contributed by atoms with Gasteiger partial charge in [0.05, 0.1) is 12.7 Å². The van der Waals surface area contributed by atoms with Gasteiger partial charge in [-0.15, -0.1) is 0 Å². The van der Waals surface area contributed by atoms with Crippen LogP contribution in [-0.4, -0.2) is 25.1 Å². The highest BCUT2D eigenvalue weighted by Crippen LogP contribution is 2.34. The summed E-state index contributed by atoms with van der Waals surface area (Å²) in [4.78, 5) is 11.9. The van der Waals surface area contributed by atoms with Crippen LogP contribution in [0.2, 0.25) is 0 Å². The minimum atomic E-state index is -0.224. The number of ketones is 1. The molecule has 1 aliphatic heterocycles. The summed E-state index contributed by atoms with van der Waals surface area (Å²) in [6, 6.07) is 7.71. The number of benzene rings is 1. The van der Waals surface area contributed by atoms with Gasteiger partial charge in [0, 0.05) is 5.92 Å². The molecule has 1 aromatic rings. The molecule has 1 aromatic carbocycles. The van der Waals surface area contributed by atoms with Crippen LogP contribution in [0.5, 0.6) is 5.75 Å². The standard InChI is InChI=1S/C14H18O3/c1-14(2)8-12(13(15)9-17-14)10-4-6-11(16-3)7-5-10/h4-7,12H,8-9H2,1-3H3. The zero-order valence-electron chi connectivity index (χ0n) is 10.5. The number of hydrogen-bond donors (Lipinski definition) is 0. The van der Waals surface area contributed by atoms with Crippen molar-refractivity contribution in [1.29, 1.82) is 0 Å². The van der Waals surface area contributed by atoms with Crippen molar-refractivity contribution in [3.8, 4) is 5.75 Å². The van der Waals surface area contributed by atoms with E-state index in [-0.39, 0.29) is 23.9 Å². The van der Waals surface area contributed by atoms with Crippen LogP contribution in [0.25, 0.3) is 0 Å². The number of ether oxygens (including phenoxy) is 2. The van der Waals surface area contributed by atoms with Gasteiger partial charge >= 0.3 is 0 Å². The van der Waals surface area contributed by atoms with Crippen molar-refractivity contribution < 1.29 is 14.3 Å². The second kappa shape index (κ2) is 4.49. The maximum atomic E-state index is 11.9. The van der Waals surface area contributed by atoms with Crippen LogP contribution in [-0.2, 0) is 9.53 Å². The van der Waals surface area contributed by atoms with Gasteiger partial charge in [0.2, 0.25) is 0 Å². The van der Waals surface area contributed by atoms with Crippen molar-refractivity contribution in [2.24, 2.45) is 0 Å². The highest BCUT2D eigenvalue weighted by Gasteiger charge is 2.35. The van der Waals surface area contributed by atoms with Gasteiger partial charge in [0.25, 0.3) is 0 Å². The number of carbonyl (C=O) groups excluding carboxylic acids is 1. The predicted octanol–water partition coefficient (Wildman–Crippen LogP) is 2.55. The van der Waals surface area contributed by atoms with Crippen molar-refractivity contribution >= 4 is 5.78 Å². The molecule has 0 radical (unpaired) electrons. The Hall–Kier alpha value is -1.35. The molecule has 0 N–H and O–H groups in total. The summed E-state index contributed by atoms with van der Waals surface area (Å²) in [5.74, 6) is 0.923. The van der Waals surface area contributed by atoms with Gasteiger partial charge in [0.1, 0.15) is 12.4 Å². The summed E-state index contributed by atoms with van der Waals surface area (Å²) in [7, 11) is 1.64. The van der Waals surface area contributed by atoms with E-state index in [0.29, 0.717) is 0 Å². The second-order valence-corrected chi connectivity index (χ2v) is 5.04. The summed E-state index contributed by atoms with van der Waals surface area (Å²) >= 11 is 0. The van der Waals surface area contributed by atoms with Crippen LogP contribution in [0, 0.1) is 0 Å². The molecule has 17 heavy (non-hydrogen) atoms. The molecule has 2 rings (SSSR count). The fourth-order valence-corrected chi connectivity index (χ4v) is 2.17. The lowest BCUT2D eigenvalue weighted by molar-refractivity contribution is -0.141. The van der Waals surface area contributed by atoms with E-state index in [0.717, 1.165) is 17.7 Å². The van der Waals surface area contributed by atoms with Crippen molar-refractivity contribution in [2.75, 3.05) is 13.7 Å². The highest BCUT2D eigenvalue weighted by atomic mass is 16.5. The Kier molecular flexibility index (Phi) is 3.20. The molecule has 0 spiro atoms. The Morgan fingerprint density at radius 3 is 2.53 bits per heavy atom. The zero-order valence-corrected chi connectivity index (χ0v) is 10.5. The molecule has 0 aromatic heterocycles. The largest absolute Gasteiger partial charge is 0.497 e. The quantitative estimate of drug-likeness (QED) is 0.789. The van der Waals surface area contributed by atoms with Gasteiger partial charge in [-0.25, -0.2) is 0 Å². The van der Waals surface area contributed by atoms with E-state index in [1.165, 1.54) is 0 Å². The van der Waals surface area contributed by atoms with E-state index < -0.39 is 0 Å². The first kappa shape index (κ1) is 12.1. The maximum Gasteiger partial charge on any atom is 0.166 e. The van der Waals surface area contributed by atoms with Gasteiger partial charge in [-0.05, 0) is 38.0 Å². The Morgan fingerprint density at radius 1 is 1.29 bits per heavy atom. The van der Waals surface area contributed by atoms with Crippen molar-refractivity contribution in [1.82, 2.24) is 0 Å². The third-order valence-corrected chi connectivity index (χ3v) is 3.21. The SMILES string of the molecule is COc1ccc(C2CC(C)(C)OCC2=O)cc1. The number of carbonyl (C=O) groups is 1. The fourth-order valence-electron chi connectivity index (χ4n) is 2.17. The molecule has 1 atom stereocenters. The van der Waals surface area contributed by atoms with Crippen LogP contribution in [0.15, 0.2) is 24.3 Å². The molecule has 1 aliphatic rings. The van der Waals surface area contributed by atoms with Crippen LogP contribution < -0.4 is 4.74 Å². The molecule has 1 saturated heterocycles. The minimum Gasteiger partial charge on any atom is -0.497 e. The molecule has 0 amide bonds. The summed E-state index contributed by atoms with van der Waals surface area (Å²) < 4.78 is 10.6. The van der Waals surface area contributed by atoms with Gasteiger partial charge < -0.3 is 9.47 Å². The Balaban J connectivity index is 2.21. The first-order valence-corrected chi connectivity index (χ1v) is 5.82.